The van der Waals surface area contributed by atoms with Crippen LogP contribution in [-0.4, -0.2) is 66.3 Å². The van der Waals surface area contributed by atoms with Gasteiger partial charge in [-0.1, -0.05) is 25.0 Å². The zero-order chi connectivity index (χ0) is 22.9. The Balaban J connectivity index is 1.49. The second kappa shape index (κ2) is 7.57. The van der Waals surface area contributed by atoms with Gasteiger partial charge >= 0.3 is 0 Å². The van der Waals surface area contributed by atoms with Crippen molar-refractivity contribution in [2.75, 3.05) is 18.1 Å². The molecule has 11 heteroatoms. The molecular formula is C22H23ClFN5O4. The first-order valence-corrected chi connectivity index (χ1v) is 11.4. The highest BCUT2D eigenvalue weighted by molar-refractivity contribution is 6.28. The SMILES string of the molecule is OC[C@H]1O[C@@H](n2cnc3c(N4CC5(CCCC5)c5cccc(F)c54)nc(Cl)nc32)C(O)[C@H]1O. The van der Waals surface area contributed by atoms with Gasteiger partial charge in [0.25, 0.3) is 0 Å². The number of rotatable bonds is 3. The summed E-state index contributed by atoms with van der Waals surface area (Å²) in [5.41, 5.74) is 1.97. The van der Waals surface area contributed by atoms with Crippen molar-refractivity contribution < 1.29 is 24.4 Å². The number of hydrogen-bond acceptors (Lipinski definition) is 8. The molecule has 2 aromatic heterocycles. The highest BCUT2D eigenvalue weighted by Gasteiger charge is 2.48. The molecule has 3 N–H and O–H groups in total. The van der Waals surface area contributed by atoms with Gasteiger partial charge in [0.15, 0.2) is 23.2 Å². The molecule has 1 aliphatic carbocycles. The summed E-state index contributed by atoms with van der Waals surface area (Å²) in [6, 6.07) is 5.18. The van der Waals surface area contributed by atoms with Crippen LogP contribution < -0.4 is 4.90 Å². The van der Waals surface area contributed by atoms with Crippen LogP contribution in [0.1, 0.15) is 37.5 Å². The van der Waals surface area contributed by atoms with Crippen molar-refractivity contribution in [3.8, 4) is 0 Å². The number of anilines is 2. The second-order valence-corrected chi connectivity index (χ2v) is 9.42. The lowest BCUT2D eigenvalue weighted by atomic mass is 9.81. The number of aliphatic hydroxyl groups is 3. The summed E-state index contributed by atoms with van der Waals surface area (Å²) < 4.78 is 22.2. The van der Waals surface area contributed by atoms with Crippen LogP contribution in [0, 0.1) is 5.82 Å². The molecule has 0 bridgehead atoms. The van der Waals surface area contributed by atoms with Gasteiger partial charge in [0.2, 0.25) is 5.28 Å². The lowest BCUT2D eigenvalue weighted by Crippen LogP contribution is -2.33. The van der Waals surface area contributed by atoms with E-state index in [0.29, 0.717) is 23.6 Å². The molecule has 1 aromatic carbocycles. The van der Waals surface area contributed by atoms with Crippen molar-refractivity contribution in [1.82, 2.24) is 19.5 Å². The van der Waals surface area contributed by atoms with Crippen LogP contribution in [0.4, 0.5) is 15.9 Å². The number of hydrogen-bond donors (Lipinski definition) is 3. The Morgan fingerprint density at radius 3 is 2.70 bits per heavy atom. The number of ether oxygens (including phenoxy) is 1. The van der Waals surface area contributed by atoms with Gasteiger partial charge in [0.1, 0.15) is 24.1 Å². The predicted octanol–water partition coefficient (Wildman–Crippen LogP) is 2.19. The molecule has 1 saturated carbocycles. The van der Waals surface area contributed by atoms with Crippen LogP contribution in [0.15, 0.2) is 24.5 Å². The van der Waals surface area contributed by atoms with Crippen LogP contribution in [-0.2, 0) is 10.2 Å². The number of para-hydroxylation sites is 1. The lowest BCUT2D eigenvalue weighted by molar-refractivity contribution is -0.0511. The summed E-state index contributed by atoms with van der Waals surface area (Å²) in [4.78, 5) is 15.0. The van der Waals surface area contributed by atoms with E-state index in [1.54, 1.807) is 6.07 Å². The van der Waals surface area contributed by atoms with E-state index in [-0.39, 0.29) is 22.2 Å². The molecule has 0 amide bonds. The molecule has 2 aliphatic heterocycles. The summed E-state index contributed by atoms with van der Waals surface area (Å²) >= 11 is 6.30. The van der Waals surface area contributed by atoms with Crippen LogP contribution in [0.5, 0.6) is 0 Å². The second-order valence-electron chi connectivity index (χ2n) is 9.08. The molecule has 4 heterocycles. The first-order valence-electron chi connectivity index (χ1n) is 11.0. The van der Waals surface area contributed by atoms with Crippen molar-refractivity contribution in [2.45, 2.75) is 55.6 Å². The van der Waals surface area contributed by atoms with Gasteiger partial charge in [-0.05, 0) is 36.1 Å². The zero-order valence-corrected chi connectivity index (χ0v) is 18.4. The minimum atomic E-state index is -1.30. The molecule has 3 aliphatic rings. The van der Waals surface area contributed by atoms with E-state index in [4.69, 9.17) is 16.3 Å². The molecular weight excluding hydrogens is 453 g/mol. The van der Waals surface area contributed by atoms with Crippen molar-refractivity contribution >= 4 is 34.3 Å². The number of aromatic nitrogens is 4. The monoisotopic (exact) mass is 475 g/mol. The Hall–Kier alpha value is -2.37. The highest BCUT2D eigenvalue weighted by Crippen LogP contribution is 2.53. The molecule has 0 radical (unpaired) electrons. The fourth-order valence-corrected chi connectivity index (χ4v) is 5.86. The zero-order valence-electron chi connectivity index (χ0n) is 17.6. The Labute approximate surface area is 193 Å². The largest absolute Gasteiger partial charge is 0.394 e. The highest BCUT2D eigenvalue weighted by atomic mass is 35.5. The van der Waals surface area contributed by atoms with E-state index >= 15 is 4.39 Å². The number of imidazole rings is 1. The Morgan fingerprint density at radius 1 is 1.18 bits per heavy atom. The van der Waals surface area contributed by atoms with Gasteiger partial charge in [0.05, 0.1) is 18.6 Å². The molecule has 3 aromatic rings. The number of aliphatic hydroxyl groups excluding tert-OH is 3. The molecule has 4 atom stereocenters. The minimum absolute atomic E-state index is 0.0590. The van der Waals surface area contributed by atoms with Gasteiger partial charge in [-0.25, -0.2) is 9.37 Å². The molecule has 2 fully saturated rings. The van der Waals surface area contributed by atoms with E-state index in [0.717, 1.165) is 31.2 Å². The van der Waals surface area contributed by atoms with Crippen LogP contribution in [0.2, 0.25) is 5.28 Å². The minimum Gasteiger partial charge on any atom is -0.394 e. The van der Waals surface area contributed by atoms with Crippen LogP contribution in [0.25, 0.3) is 11.2 Å². The smallest absolute Gasteiger partial charge is 0.226 e. The number of nitrogens with zero attached hydrogens (tertiary/aromatic N) is 5. The maximum absolute atomic E-state index is 15.1. The van der Waals surface area contributed by atoms with Crippen molar-refractivity contribution in [3.63, 3.8) is 0 Å². The average molecular weight is 476 g/mol. The Morgan fingerprint density at radius 2 is 1.97 bits per heavy atom. The van der Waals surface area contributed by atoms with E-state index in [2.05, 4.69) is 15.0 Å². The van der Waals surface area contributed by atoms with Crippen molar-refractivity contribution in [2.24, 2.45) is 0 Å². The maximum atomic E-state index is 15.1. The Kier molecular flexibility index (Phi) is 4.86. The van der Waals surface area contributed by atoms with Crippen molar-refractivity contribution in [1.29, 1.82) is 0 Å². The predicted molar refractivity (Wildman–Crippen MR) is 117 cm³/mol. The summed E-state index contributed by atoms with van der Waals surface area (Å²) in [5.74, 6) is 0.0488. The average Bonchev–Trinajstić information content (AvgIpc) is 3.57. The van der Waals surface area contributed by atoms with E-state index in [1.165, 1.54) is 17.0 Å². The molecule has 6 rings (SSSR count). The normalized spacial score (nSPS) is 28.3. The Bertz CT molecular complexity index is 1230. The molecule has 174 valence electrons. The number of halogens is 2. The fourth-order valence-electron chi connectivity index (χ4n) is 5.70. The topological polar surface area (TPSA) is 117 Å². The van der Waals surface area contributed by atoms with Gasteiger partial charge in [-0.3, -0.25) is 4.57 Å². The summed E-state index contributed by atoms with van der Waals surface area (Å²) in [5, 5.41) is 30.0. The van der Waals surface area contributed by atoms with Crippen LogP contribution >= 0.6 is 11.6 Å². The van der Waals surface area contributed by atoms with E-state index < -0.39 is 31.1 Å². The quantitative estimate of drug-likeness (QED) is 0.494. The summed E-state index contributed by atoms with van der Waals surface area (Å²) in [6.07, 6.45) is 0.999. The van der Waals surface area contributed by atoms with Crippen LogP contribution in [0.3, 0.4) is 0 Å². The van der Waals surface area contributed by atoms with Gasteiger partial charge < -0.3 is 25.0 Å². The van der Waals surface area contributed by atoms with E-state index in [9.17, 15) is 15.3 Å². The van der Waals surface area contributed by atoms with Crippen molar-refractivity contribution in [3.05, 3.63) is 41.2 Å². The first-order chi connectivity index (χ1) is 15.9. The molecule has 1 saturated heterocycles. The summed E-state index contributed by atoms with van der Waals surface area (Å²) in [6.45, 7) is 0.112. The third-order valence-electron chi connectivity index (χ3n) is 7.27. The molecule has 1 spiro atoms. The molecule has 33 heavy (non-hydrogen) atoms. The number of benzene rings is 1. The lowest BCUT2D eigenvalue weighted by Gasteiger charge is -2.25. The van der Waals surface area contributed by atoms with Gasteiger partial charge in [-0.15, -0.1) is 0 Å². The number of fused-ring (bicyclic) bond motifs is 3. The molecule has 9 nitrogen and oxygen atoms in total. The fraction of sp³-hybridized carbons (Fsp3) is 0.500. The third-order valence-corrected chi connectivity index (χ3v) is 7.44. The molecule has 1 unspecified atom stereocenters. The standard InChI is InChI=1S/C22H23ClFN5O4/c23-21-26-18(28-9-22(6-1-2-7-22)11-4-3-5-12(24)15(11)28)14-19(27-21)29(10-25-14)20-17(32)16(31)13(8-30)33-20/h3-5,10,13,16-17,20,30-32H,1-2,6-9H2/t13-,16+,17?,20-/m1/s1. The third kappa shape index (κ3) is 3.01. The maximum Gasteiger partial charge on any atom is 0.226 e. The summed E-state index contributed by atoms with van der Waals surface area (Å²) in [7, 11) is 0. The van der Waals surface area contributed by atoms with Gasteiger partial charge in [-0.2, -0.15) is 9.97 Å². The van der Waals surface area contributed by atoms with Gasteiger partial charge in [0, 0.05) is 12.0 Å². The first kappa shape index (κ1) is 21.2. The van der Waals surface area contributed by atoms with E-state index in [1.807, 2.05) is 11.0 Å².